The lowest BCUT2D eigenvalue weighted by molar-refractivity contribution is 0.0860. The smallest absolute Gasteiger partial charge is 0.0991 e. The Kier molecular flexibility index (Phi) is 4.35. The maximum Gasteiger partial charge on any atom is 0.0991 e. The van der Waals surface area contributed by atoms with E-state index in [4.69, 9.17) is 5.26 Å². The fourth-order valence-electron chi connectivity index (χ4n) is 2.57. The van der Waals surface area contributed by atoms with Gasteiger partial charge in [-0.15, -0.1) is 0 Å². The minimum atomic E-state index is -0.223. The summed E-state index contributed by atoms with van der Waals surface area (Å²) in [5.41, 5.74) is 1.84. The van der Waals surface area contributed by atoms with Gasteiger partial charge in [0.1, 0.15) is 0 Å². The van der Waals surface area contributed by atoms with Gasteiger partial charge in [0.05, 0.1) is 17.7 Å². The number of aliphatic hydroxyl groups excluding tert-OH is 1. The van der Waals surface area contributed by atoms with Crippen molar-refractivity contribution >= 4 is 0 Å². The van der Waals surface area contributed by atoms with Crippen molar-refractivity contribution in [3.05, 3.63) is 35.4 Å². The maximum absolute atomic E-state index is 9.94. The Morgan fingerprint density at radius 3 is 2.56 bits per heavy atom. The van der Waals surface area contributed by atoms with Crippen LogP contribution in [0.15, 0.2) is 24.3 Å². The summed E-state index contributed by atoms with van der Waals surface area (Å²) in [6, 6.07) is 10.2. The van der Waals surface area contributed by atoms with Crippen LogP contribution < -0.4 is 5.32 Å². The van der Waals surface area contributed by atoms with E-state index in [0.717, 1.165) is 24.8 Å². The SMILES string of the molecule is CC(NC1CCCCC1O)c1ccc(C#N)cc1. The first-order chi connectivity index (χ1) is 8.70. The van der Waals surface area contributed by atoms with Crippen LogP contribution in [0.3, 0.4) is 0 Å². The number of aliphatic hydroxyl groups is 1. The van der Waals surface area contributed by atoms with Gasteiger partial charge in [-0.25, -0.2) is 0 Å². The summed E-state index contributed by atoms with van der Waals surface area (Å²) in [6.07, 6.45) is 4.04. The van der Waals surface area contributed by atoms with Crippen LogP contribution >= 0.6 is 0 Å². The molecule has 3 heteroatoms. The van der Waals surface area contributed by atoms with Crippen molar-refractivity contribution in [2.75, 3.05) is 0 Å². The summed E-state index contributed by atoms with van der Waals surface area (Å²) >= 11 is 0. The first kappa shape index (κ1) is 13.1. The van der Waals surface area contributed by atoms with Crippen LogP contribution in [0.2, 0.25) is 0 Å². The van der Waals surface area contributed by atoms with Gasteiger partial charge in [-0.05, 0) is 37.5 Å². The number of hydrogen-bond acceptors (Lipinski definition) is 3. The van der Waals surface area contributed by atoms with E-state index >= 15 is 0 Å². The van der Waals surface area contributed by atoms with Gasteiger partial charge in [-0.1, -0.05) is 25.0 Å². The molecule has 1 aliphatic carbocycles. The van der Waals surface area contributed by atoms with E-state index in [0.29, 0.717) is 5.56 Å². The quantitative estimate of drug-likeness (QED) is 0.859. The summed E-state index contributed by atoms with van der Waals surface area (Å²) in [6.45, 7) is 2.10. The summed E-state index contributed by atoms with van der Waals surface area (Å²) in [5.74, 6) is 0. The summed E-state index contributed by atoms with van der Waals surface area (Å²) in [7, 11) is 0. The number of benzene rings is 1. The van der Waals surface area contributed by atoms with Crippen molar-refractivity contribution in [1.29, 1.82) is 5.26 Å². The van der Waals surface area contributed by atoms with Crippen LogP contribution in [0.4, 0.5) is 0 Å². The molecule has 1 saturated carbocycles. The molecule has 2 N–H and O–H groups in total. The molecule has 3 nitrogen and oxygen atoms in total. The van der Waals surface area contributed by atoms with E-state index in [1.807, 2.05) is 24.3 Å². The molecule has 0 aliphatic heterocycles. The van der Waals surface area contributed by atoms with E-state index in [2.05, 4.69) is 18.3 Å². The molecule has 0 heterocycles. The van der Waals surface area contributed by atoms with Gasteiger partial charge in [0.25, 0.3) is 0 Å². The molecule has 0 radical (unpaired) electrons. The molecule has 96 valence electrons. The lowest BCUT2D eigenvalue weighted by Gasteiger charge is -2.31. The molecule has 0 spiro atoms. The molecule has 1 aliphatic rings. The zero-order valence-corrected chi connectivity index (χ0v) is 10.8. The average molecular weight is 244 g/mol. The zero-order valence-electron chi connectivity index (χ0n) is 10.8. The van der Waals surface area contributed by atoms with Gasteiger partial charge in [0, 0.05) is 12.1 Å². The number of nitrogens with one attached hydrogen (secondary N) is 1. The summed E-state index contributed by atoms with van der Waals surface area (Å²) < 4.78 is 0. The van der Waals surface area contributed by atoms with E-state index in [9.17, 15) is 5.11 Å². The number of hydrogen-bond donors (Lipinski definition) is 2. The van der Waals surface area contributed by atoms with Crippen molar-refractivity contribution in [2.45, 2.75) is 50.8 Å². The van der Waals surface area contributed by atoms with Gasteiger partial charge in [-0.3, -0.25) is 0 Å². The van der Waals surface area contributed by atoms with Crippen molar-refractivity contribution < 1.29 is 5.11 Å². The van der Waals surface area contributed by atoms with Crippen molar-refractivity contribution in [3.63, 3.8) is 0 Å². The van der Waals surface area contributed by atoms with Crippen LogP contribution in [0.25, 0.3) is 0 Å². The first-order valence-electron chi connectivity index (χ1n) is 6.65. The Balaban J connectivity index is 1.98. The molecule has 0 amide bonds. The number of rotatable bonds is 3. The van der Waals surface area contributed by atoms with Gasteiger partial charge in [0.2, 0.25) is 0 Å². The highest BCUT2D eigenvalue weighted by Crippen LogP contribution is 2.22. The van der Waals surface area contributed by atoms with Crippen molar-refractivity contribution in [3.8, 4) is 6.07 Å². The van der Waals surface area contributed by atoms with Crippen LogP contribution in [-0.4, -0.2) is 17.3 Å². The minimum Gasteiger partial charge on any atom is -0.392 e. The monoisotopic (exact) mass is 244 g/mol. The fraction of sp³-hybridized carbons (Fsp3) is 0.533. The largest absolute Gasteiger partial charge is 0.392 e. The van der Waals surface area contributed by atoms with Crippen LogP contribution in [-0.2, 0) is 0 Å². The summed E-state index contributed by atoms with van der Waals surface area (Å²) in [4.78, 5) is 0. The molecule has 1 fully saturated rings. The van der Waals surface area contributed by atoms with E-state index in [1.54, 1.807) is 0 Å². The van der Waals surface area contributed by atoms with E-state index in [1.165, 1.54) is 6.42 Å². The van der Waals surface area contributed by atoms with Crippen molar-refractivity contribution in [2.24, 2.45) is 0 Å². The highest BCUT2D eigenvalue weighted by Gasteiger charge is 2.24. The zero-order chi connectivity index (χ0) is 13.0. The fourth-order valence-corrected chi connectivity index (χ4v) is 2.57. The third-order valence-electron chi connectivity index (χ3n) is 3.73. The molecule has 0 aromatic heterocycles. The molecule has 1 aromatic carbocycles. The second-order valence-electron chi connectivity index (χ2n) is 5.08. The molecule has 3 atom stereocenters. The standard InChI is InChI=1S/C15H20N2O/c1-11(13-8-6-12(10-16)7-9-13)17-14-4-2-3-5-15(14)18/h6-9,11,14-15,17-18H,2-5H2,1H3. The second kappa shape index (κ2) is 5.99. The predicted octanol–water partition coefficient (Wildman–Crippen LogP) is 2.51. The molecular weight excluding hydrogens is 224 g/mol. The molecule has 0 saturated heterocycles. The number of nitrogens with zero attached hydrogens (tertiary/aromatic N) is 1. The first-order valence-corrected chi connectivity index (χ1v) is 6.65. The Bertz CT molecular complexity index is 421. The highest BCUT2D eigenvalue weighted by molar-refractivity contribution is 5.32. The Labute approximate surface area is 108 Å². The molecule has 2 rings (SSSR count). The molecule has 1 aromatic rings. The van der Waals surface area contributed by atoms with Gasteiger partial charge < -0.3 is 10.4 Å². The van der Waals surface area contributed by atoms with Crippen LogP contribution in [0.5, 0.6) is 0 Å². The van der Waals surface area contributed by atoms with E-state index < -0.39 is 0 Å². The molecule has 3 unspecified atom stereocenters. The highest BCUT2D eigenvalue weighted by atomic mass is 16.3. The third-order valence-corrected chi connectivity index (χ3v) is 3.73. The lowest BCUT2D eigenvalue weighted by atomic mass is 9.91. The average Bonchev–Trinajstić information content (AvgIpc) is 2.41. The number of nitriles is 1. The van der Waals surface area contributed by atoms with E-state index in [-0.39, 0.29) is 18.2 Å². The molecule has 18 heavy (non-hydrogen) atoms. The Morgan fingerprint density at radius 1 is 1.28 bits per heavy atom. The lowest BCUT2D eigenvalue weighted by Crippen LogP contribution is -2.43. The predicted molar refractivity (Wildman–Crippen MR) is 71.0 cm³/mol. The summed E-state index contributed by atoms with van der Waals surface area (Å²) in [5, 5.41) is 22.2. The Hall–Kier alpha value is -1.37. The normalized spacial score (nSPS) is 25.4. The minimum absolute atomic E-state index is 0.199. The van der Waals surface area contributed by atoms with Gasteiger partial charge >= 0.3 is 0 Å². The molecular formula is C15H20N2O. The third kappa shape index (κ3) is 3.10. The van der Waals surface area contributed by atoms with Crippen LogP contribution in [0, 0.1) is 11.3 Å². The maximum atomic E-state index is 9.94. The second-order valence-corrected chi connectivity index (χ2v) is 5.08. The molecule has 0 bridgehead atoms. The van der Waals surface area contributed by atoms with Gasteiger partial charge in [-0.2, -0.15) is 5.26 Å². The van der Waals surface area contributed by atoms with Gasteiger partial charge in [0.15, 0.2) is 0 Å². The van der Waals surface area contributed by atoms with Crippen LogP contribution in [0.1, 0.15) is 49.8 Å². The topological polar surface area (TPSA) is 56.0 Å². The Morgan fingerprint density at radius 2 is 1.94 bits per heavy atom. The van der Waals surface area contributed by atoms with Crippen molar-refractivity contribution in [1.82, 2.24) is 5.32 Å².